The molecule has 0 heterocycles. The molecular formula is C20H22O3. The Labute approximate surface area is 137 Å². The number of benzene rings is 2. The van der Waals surface area contributed by atoms with Crippen LogP contribution in [0.15, 0.2) is 61.2 Å². The number of ether oxygens (including phenoxy) is 2. The molecule has 0 aliphatic carbocycles. The number of aliphatic hydroxyl groups excluding tert-OH is 1. The van der Waals surface area contributed by atoms with Gasteiger partial charge in [0.05, 0.1) is 20.3 Å². The third-order valence-electron chi connectivity index (χ3n) is 3.63. The van der Waals surface area contributed by atoms with E-state index in [4.69, 9.17) is 9.47 Å². The van der Waals surface area contributed by atoms with Crippen LogP contribution < -0.4 is 9.47 Å². The standard InChI is InChI=1S/C20H22O3/c1-4-8-17-15(12-14-19(22-2)20(17)23-3)11-13-18(21)16-9-6-5-7-10-16/h4-7,9-14,18,21H,1,8H2,2-3H3/b13-11+. The zero-order valence-electron chi connectivity index (χ0n) is 13.5. The summed E-state index contributed by atoms with van der Waals surface area (Å²) in [6.45, 7) is 3.80. The molecule has 1 atom stereocenters. The molecule has 2 aromatic carbocycles. The molecule has 0 aliphatic rings. The third-order valence-corrected chi connectivity index (χ3v) is 3.63. The Balaban J connectivity index is 2.35. The highest BCUT2D eigenvalue weighted by Crippen LogP contribution is 2.35. The van der Waals surface area contributed by atoms with E-state index in [1.165, 1.54) is 0 Å². The summed E-state index contributed by atoms with van der Waals surface area (Å²) < 4.78 is 10.8. The van der Waals surface area contributed by atoms with Gasteiger partial charge in [0, 0.05) is 5.56 Å². The van der Waals surface area contributed by atoms with Crippen molar-refractivity contribution in [1.29, 1.82) is 0 Å². The summed E-state index contributed by atoms with van der Waals surface area (Å²) in [6, 6.07) is 13.4. The Morgan fingerprint density at radius 1 is 1.09 bits per heavy atom. The molecule has 0 aliphatic heterocycles. The van der Waals surface area contributed by atoms with E-state index >= 15 is 0 Å². The summed E-state index contributed by atoms with van der Waals surface area (Å²) in [4.78, 5) is 0. The molecule has 0 amide bonds. The number of rotatable bonds is 7. The van der Waals surface area contributed by atoms with Gasteiger partial charge < -0.3 is 14.6 Å². The van der Waals surface area contributed by atoms with Crippen molar-refractivity contribution in [3.63, 3.8) is 0 Å². The normalized spacial score (nSPS) is 12.1. The molecule has 0 aromatic heterocycles. The Bertz CT molecular complexity index is 675. The van der Waals surface area contributed by atoms with Crippen LogP contribution in [0.2, 0.25) is 0 Å². The molecule has 1 N–H and O–H groups in total. The van der Waals surface area contributed by atoms with Gasteiger partial charge in [-0.25, -0.2) is 0 Å². The van der Waals surface area contributed by atoms with Crippen LogP contribution in [0.3, 0.4) is 0 Å². The second-order valence-electron chi connectivity index (χ2n) is 5.08. The van der Waals surface area contributed by atoms with Gasteiger partial charge in [-0.1, -0.05) is 54.6 Å². The van der Waals surface area contributed by atoms with Gasteiger partial charge in [-0.05, 0) is 23.6 Å². The van der Waals surface area contributed by atoms with Gasteiger partial charge in [0.1, 0.15) is 0 Å². The van der Waals surface area contributed by atoms with E-state index in [2.05, 4.69) is 6.58 Å². The molecule has 0 bridgehead atoms. The van der Waals surface area contributed by atoms with Gasteiger partial charge in [0.15, 0.2) is 11.5 Å². The predicted octanol–water partition coefficient (Wildman–Crippen LogP) is 4.18. The summed E-state index contributed by atoms with van der Waals surface area (Å²) in [7, 11) is 3.24. The number of aliphatic hydroxyl groups is 1. The maximum Gasteiger partial charge on any atom is 0.164 e. The lowest BCUT2D eigenvalue weighted by atomic mass is 10.0. The predicted molar refractivity (Wildman–Crippen MR) is 93.9 cm³/mol. The molecule has 0 fully saturated rings. The lowest BCUT2D eigenvalue weighted by Crippen LogP contribution is -1.98. The van der Waals surface area contributed by atoms with Crippen LogP contribution in [0.4, 0.5) is 0 Å². The van der Waals surface area contributed by atoms with Crippen molar-refractivity contribution in [2.24, 2.45) is 0 Å². The summed E-state index contributed by atoms with van der Waals surface area (Å²) in [5.74, 6) is 1.38. The molecule has 3 heteroatoms. The summed E-state index contributed by atoms with van der Waals surface area (Å²) >= 11 is 0. The third kappa shape index (κ3) is 4.02. The first-order valence-corrected chi connectivity index (χ1v) is 7.47. The molecule has 0 spiro atoms. The Morgan fingerprint density at radius 3 is 2.43 bits per heavy atom. The van der Waals surface area contributed by atoms with E-state index in [0.717, 1.165) is 16.7 Å². The molecule has 0 saturated carbocycles. The molecule has 2 aromatic rings. The van der Waals surface area contributed by atoms with Crippen molar-refractivity contribution in [2.45, 2.75) is 12.5 Å². The van der Waals surface area contributed by atoms with Crippen LogP contribution in [0, 0.1) is 0 Å². The van der Waals surface area contributed by atoms with Crippen LogP contribution in [0.25, 0.3) is 6.08 Å². The molecular weight excluding hydrogens is 288 g/mol. The largest absolute Gasteiger partial charge is 0.493 e. The fourth-order valence-corrected chi connectivity index (χ4v) is 2.47. The van der Waals surface area contributed by atoms with Crippen molar-refractivity contribution in [3.8, 4) is 11.5 Å². The minimum atomic E-state index is -0.652. The highest BCUT2D eigenvalue weighted by Gasteiger charge is 2.12. The first kappa shape index (κ1) is 16.8. The van der Waals surface area contributed by atoms with E-state index in [1.807, 2.05) is 54.6 Å². The molecule has 1 unspecified atom stereocenters. The number of hydrogen-bond donors (Lipinski definition) is 1. The average Bonchev–Trinajstić information content (AvgIpc) is 2.60. The number of allylic oxidation sites excluding steroid dienone is 1. The highest BCUT2D eigenvalue weighted by molar-refractivity contribution is 5.63. The van der Waals surface area contributed by atoms with Crippen molar-refractivity contribution in [1.82, 2.24) is 0 Å². The molecule has 0 radical (unpaired) electrons. The number of methoxy groups -OCH3 is 2. The van der Waals surface area contributed by atoms with Crippen LogP contribution in [0.1, 0.15) is 22.8 Å². The van der Waals surface area contributed by atoms with Crippen molar-refractivity contribution in [2.75, 3.05) is 14.2 Å². The summed E-state index contributed by atoms with van der Waals surface area (Å²) in [5, 5.41) is 10.3. The van der Waals surface area contributed by atoms with Crippen LogP contribution in [-0.2, 0) is 6.42 Å². The zero-order chi connectivity index (χ0) is 16.7. The van der Waals surface area contributed by atoms with E-state index in [9.17, 15) is 5.11 Å². The van der Waals surface area contributed by atoms with Gasteiger partial charge in [0.2, 0.25) is 0 Å². The van der Waals surface area contributed by atoms with Gasteiger partial charge >= 0.3 is 0 Å². The second-order valence-corrected chi connectivity index (χ2v) is 5.08. The first-order valence-electron chi connectivity index (χ1n) is 7.47. The Hall–Kier alpha value is -2.52. The summed E-state index contributed by atoms with van der Waals surface area (Å²) in [6.07, 6.45) is 5.49. The smallest absolute Gasteiger partial charge is 0.164 e. The van der Waals surface area contributed by atoms with Crippen molar-refractivity contribution >= 4 is 6.08 Å². The first-order chi connectivity index (χ1) is 11.2. The number of hydrogen-bond acceptors (Lipinski definition) is 3. The Morgan fingerprint density at radius 2 is 1.83 bits per heavy atom. The van der Waals surface area contributed by atoms with Crippen LogP contribution in [-0.4, -0.2) is 19.3 Å². The maximum atomic E-state index is 10.3. The fraction of sp³-hybridized carbons (Fsp3) is 0.200. The minimum absolute atomic E-state index is 0.652. The Kier molecular flexibility index (Phi) is 6.01. The highest BCUT2D eigenvalue weighted by atomic mass is 16.5. The van der Waals surface area contributed by atoms with Gasteiger partial charge in [-0.2, -0.15) is 0 Å². The lowest BCUT2D eigenvalue weighted by Gasteiger charge is -2.14. The zero-order valence-corrected chi connectivity index (χ0v) is 13.5. The van der Waals surface area contributed by atoms with Gasteiger partial charge in [0.25, 0.3) is 0 Å². The SMILES string of the molecule is C=CCc1c(/C=C/C(O)c2ccccc2)ccc(OC)c1OC. The van der Waals surface area contributed by atoms with Gasteiger partial charge in [-0.15, -0.1) is 6.58 Å². The van der Waals surface area contributed by atoms with Crippen LogP contribution in [0.5, 0.6) is 11.5 Å². The molecule has 120 valence electrons. The quantitative estimate of drug-likeness (QED) is 0.780. The average molecular weight is 310 g/mol. The van der Waals surface area contributed by atoms with Gasteiger partial charge in [-0.3, -0.25) is 0 Å². The summed E-state index contributed by atoms with van der Waals surface area (Å²) in [5.41, 5.74) is 2.81. The molecule has 23 heavy (non-hydrogen) atoms. The van der Waals surface area contributed by atoms with Crippen molar-refractivity contribution in [3.05, 3.63) is 77.9 Å². The fourth-order valence-electron chi connectivity index (χ4n) is 2.47. The lowest BCUT2D eigenvalue weighted by molar-refractivity contribution is 0.229. The molecule has 3 nitrogen and oxygen atoms in total. The topological polar surface area (TPSA) is 38.7 Å². The van der Waals surface area contributed by atoms with E-state index in [-0.39, 0.29) is 0 Å². The van der Waals surface area contributed by atoms with Crippen LogP contribution >= 0.6 is 0 Å². The van der Waals surface area contributed by atoms with E-state index < -0.39 is 6.10 Å². The molecule has 2 rings (SSSR count). The second kappa shape index (κ2) is 8.20. The molecule has 0 saturated heterocycles. The minimum Gasteiger partial charge on any atom is -0.493 e. The van der Waals surface area contributed by atoms with E-state index in [1.54, 1.807) is 20.3 Å². The monoisotopic (exact) mass is 310 g/mol. The van der Waals surface area contributed by atoms with E-state index in [0.29, 0.717) is 17.9 Å². The van der Waals surface area contributed by atoms with Crippen molar-refractivity contribution < 1.29 is 14.6 Å². The maximum absolute atomic E-state index is 10.3.